The highest BCUT2D eigenvalue weighted by molar-refractivity contribution is 6.30. The number of benzene rings is 2. The largest absolute Gasteiger partial charge is 0.508 e. The molecule has 1 fully saturated rings. The third-order valence-electron chi connectivity index (χ3n) is 5.81. The summed E-state index contributed by atoms with van der Waals surface area (Å²) in [6.45, 7) is 9.21. The van der Waals surface area contributed by atoms with Crippen LogP contribution in [0.3, 0.4) is 0 Å². The molecule has 0 aromatic heterocycles. The first-order chi connectivity index (χ1) is 14.5. The van der Waals surface area contributed by atoms with E-state index in [1.807, 2.05) is 63.2 Å². The van der Waals surface area contributed by atoms with Crippen molar-refractivity contribution < 1.29 is 23.8 Å². The van der Waals surface area contributed by atoms with Gasteiger partial charge in [0.1, 0.15) is 17.3 Å². The van der Waals surface area contributed by atoms with E-state index < -0.39 is 29.4 Å². The summed E-state index contributed by atoms with van der Waals surface area (Å²) < 4.78 is 16.4. The van der Waals surface area contributed by atoms with Crippen molar-refractivity contribution in [2.45, 2.75) is 64.3 Å². The standard InChI is InChI=1S/C25H29ClO5/c1-7-15-8-9-17(16-10-12-18(26)13-11-16)14-19(15)20-21(27)24(2,3)31-25(4,5)22(20)30-23(28)29-6/h8-14,20,22H,7H2,1-6H3. The summed E-state index contributed by atoms with van der Waals surface area (Å²) in [5, 5.41) is 0.656. The second kappa shape index (κ2) is 8.64. The van der Waals surface area contributed by atoms with Gasteiger partial charge >= 0.3 is 6.16 Å². The minimum absolute atomic E-state index is 0.135. The van der Waals surface area contributed by atoms with Crippen LogP contribution in [0.15, 0.2) is 42.5 Å². The summed E-state index contributed by atoms with van der Waals surface area (Å²) in [5.41, 5.74) is 1.84. The van der Waals surface area contributed by atoms with Gasteiger partial charge in [0, 0.05) is 5.02 Å². The molecule has 31 heavy (non-hydrogen) atoms. The van der Waals surface area contributed by atoms with E-state index in [1.54, 1.807) is 13.8 Å². The number of carbonyl (C=O) groups excluding carboxylic acids is 2. The molecule has 1 saturated heterocycles. The molecular formula is C25H29ClO5. The van der Waals surface area contributed by atoms with Crippen LogP contribution in [-0.4, -0.2) is 36.4 Å². The van der Waals surface area contributed by atoms with Gasteiger partial charge in [-0.3, -0.25) is 4.79 Å². The van der Waals surface area contributed by atoms with Gasteiger partial charge in [-0.15, -0.1) is 0 Å². The number of methoxy groups -OCH3 is 1. The zero-order valence-electron chi connectivity index (χ0n) is 18.8. The number of carbonyl (C=O) groups is 2. The Hall–Kier alpha value is -2.37. The lowest BCUT2D eigenvalue weighted by atomic mass is 9.72. The van der Waals surface area contributed by atoms with Crippen molar-refractivity contribution in [3.63, 3.8) is 0 Å². The fourth-order valence-electron chi connectivity index (χ4n) is 4.37. The molecule has 1 aliphatic heterocycles. The Kier molecular flexibility index (Phi) is 6.49. The first-order valence-corrected chi connectivity index (χ1v) is 10.8. The monoisotopic (exact) mass is 444 g/mol. The summed E-state index contributed by atoms with van der Waals surface area (Å²) >= 11 is 6.04. The molecule has 3 rings (SSSR count). The molecule has 0 amide bonds. The molecular weight excluding hydrogens is 416 g/mol. The van der Waals surface area contributed by atoms with Gasteiger partial charge in [0.2, 0.25) is 0 Å². The van der Waals surface area contributed by atoms with Gasteiger partial charge in [-0.1, -0.05) is 48.9 Å². The molecule has 2 atom stereocenters. The summed E-state index contributed by atoms with van der Waals surface area (Å²) in [6.07, 6.45) is -0.954. The Morgan fingerprint density at radius 1 is 1.06 bits per heavy atom. The number of ketones is 1. The number of rotatable bonds is 4. The highest BCUT2D eigenvalue weighted by Crippen LogP contribution is 2.44. The number of Topliss-reactive ketones (excluding diaryl/α,β-unsaturated/α-hetero) is 1. The van der Waals surface area contributed by atoms with Crippen LogP contribution in [-0.2, 0) is 25.4 Å². The van der Waals surface area contributed by atoms with Crippen LogP contribution in [0.5, 0.6) is 0 Å². The molecule has 166 valence electrons. The van der Waals surface area contributed by atoms with Gasteiger partial charge < -0.3 is 14.2 Å². The fraction of sp³-hybridized carbons (Fsp3) is 0.440. The number of aryl methyl sites for hydroxylation is 1. The summed E-state index contributed by atoms with van der Waals surface area (Å²) in [5.74, 6) is -0.830. The Morgan fingerprint density at radius 3 is 2.26 bits per heavy atom. The lowest BCUT2D eigenvalue weighted by Crippen LogP contribution is -2.61. The molecule has 0 aliphatic carbocycles. The van der Waals surface area contributed by atoms with Crippen LogP contribution in [0.2, 0.25) is 5.02 Å². The zero-order chi connectivity index (χ0) is 23.0. The van der Waals surface area contributed by atoms with Crippen LogP contribution in [0.25, 0.3) is 11.1 Å². The molecule has 0 radical (unpaired) electrons. The maximum absolute atomic E-state index is 13.6. The Balaban J connectivity index is 2.18. The zero-order valence-corrected chi connectivity index (χ0v) is 19.6. The molecule has 0 saturated carbocycles. The minimum atomic E-state index is -1.04. The van der Waals surface area contributed by atoms with Gasteiger partial charge in [-0.2, -0.15) is 0 Å². The third kappa shape index (κ3) is 4.63. The van der Waals surface area contributed by atoms with Gasteiger partial charge in [0.05, 0.1) is 13.0 Å². The smallest absolute Gasteiger partial charge is 0.438 e. The second-order valence-electron chi connectivity index (χ2n) is 8.82. The van der Waals surface area contributed by atoms with Crippen molar-refractivity contribution >= 4 is 23.5 Å². The van der Waals surface area contributed by atoms with E-state index in [9.17, 15) is 9.59 Å². The minimum Gasteiger partial charge on any atom is -0.438 e. The van der Waals surface area contributed by atoms with Crippen molar-refractivity contribution in [1.82, 2.24) is 0 Å². The fourth-order valence-corrected chi connectivity index (χ4v) is 4.50. The topological polar surface area (TPSA) is 61.8 Å². The average Bonchev–Trinajstić information content (AvgIpc) is 2.71. The lowest BCUT2D eigenvalue weighted by molar-refractivity contribution is -0.213. The first-order valence-electron chi connectivity index (χ1n) is 10.4. The van der Waals surface area contributed by atoms with Crippen LogP contribution in [0.4, 0.5) is 4.79 Å². The number of hydrogen-bond acceptors (Lipinski definition) is 5. The van der Waals surface area contributed by atoms with Gasteiger partial charge in [-0.25, -0.2) is 4.79 Å². The second-order valence-corrected chi connectivity index (χ2v) is 9.26. The van der Waals surface area contributed by atoms with E-state index >= 15 is 0 Å². The molecule has 0 spiro atoms. The first kappa shape index (κ1) is 23.3. The molecule has 2 aromatic rings. The Morgan fingerprint density at radius 2 is 1.68 bits per heavy atom. The molecule has 2 unspecified atom stereocenters. The Bertz CT molecular complexity index is 978. The lowest BCUT2D eigenvalue weighted by Gasteiger charge is -2.48. The third-order valence-corrected chi connectivity index (χ3v) is 6.06. The van der Waals surface area contributed by atoms with Crippen LogP contribution in [0.1, 0.15) is 51.7 Å². The predicted octanol–water partition coefficient (Wildman–Crippen LogP) is 5.96. The number of ether oxygens (including phenoxy) is 3. The molecule has 2 aromatic carbocycles. The van der Waals surface area contributed by atoms with Gasteiger partial charge in [0.25, 0.3) is 0 Å². The molecule has 6 heteroatoms. The SMILES string of the molecule is CCc1ccc(-c2ccc(Cl)cc2)cc1C1C(=O)C(C)(C)OC(C)(C)C1OC(=O)OC. The van der Waals surface area contributed by atoms with Crippen LogP contribution in [0, 0.1) is 0 Å². The molecule has 1 heterocycles. The molecule has 0 N–H and O–H groups in total. The van der Waals surface area contributed by atoms with E-state index in [-0.39, 0.29) is 5.78 Å². The van der Waals surface area contributed by atoms with Gasteiger partial charge in [0.15, 0.2) is 5.78 Å². The van der Waals surface area contributed by atoms with Crippen molar-refractivity contribution in [3.8, 4) is 11.1 Å². The summed E-state index contributed by atoms with van der Waals surface area (Å²) in [7, 11) is 1.25. The van der Waals surface area contributed by atoms with Gasteiger partial charge in [-0.05, 0) is 68.5 Å². The quantitative estimate of drug-likeness (QED) is 0.544. The van der Waals surface area contributed by atoms with E-state index in [1.165, 1.54) is 7.11 Å². The Labute approximate surface area is 188 Å². The molecule has 0 bridgehead atoms. The van der Waals surface area contributed by atoms with Crippen molar-refractivity contribution in [1.29, 1.82) is 0 Å². The van der Waals surface area contributed by atoms with E-state index in [2.05, 4.69) is 0 Å². The van der Waals surface area contributed by atoms with Crippen LogP contribution >= 0.6 is 11.6 Å². The maximum Gasteiger partial charge on any atom is 0.508 e. The predicted molar refractivity (Wildman–Crippen MR) is 121 cm³/mol. The molecule has 5 nitrogen and oxygen atoms in total. The summed E-state index contributed by atoms with van der Waals surface area (Å²) in [4.78, 5) is 25.7. The van der Waals surface area contributed by atoms with Crippen molar-refractivity contribution in [3.05, 3.63) is 58.6 Å². The number of halogens is 1. The van der Waals surface area contributed by atoms with E-state index in [0.717, 1.165) is 28.7 Å². The number of hydrogen-bond donors (Lipinski definition) is 0. The summed E-state index contributed by atoms with van der Waals surface area (Å²) in [6, 6.07) is 13.6. The highest BCUT2D eigenvalue weighted by atomic mass is 35.5. The van der Waals surface area contributed by atoms with Crippen LogP contribution < -0.4 is 0 Å². The highest BCUT2D eigenvalue weighted by Gasteiger charge is 2.56. The molecule has 1 aliphatic rings. The normalized spacial score (nSPS) is 22.1. The van der Waals surface area contributed by atoms with Crippen molar-refractivity contribution in [2.75, 3.05) is 7.11 Å². The van der Waals surface area contributed by atoms with E-state index in [4.69, 9.17) is 25.8 Å². The van der Waals surface area contributed by atoms with E-state index in [0.29, 0.717) is 5.02 Å². The van der Waals surface area contributed by atoms with Crippen molar-refractivity contribution in [2.24, 2.45) is 0 Å². The maximum atomic E-state index is 13.6. The average molecular weight is 445 g/mol.